The first-order valence-electron chi connectivity index (χ1n) is 4.29. The lowest BCUT2D eigenvalue weighted by atomic mass is 9.85. The van der Waals surface area contributed by atoms with Gasteiger partial charge in [-0.15, -0.1) is 0 Å². The van der Waals surface area contributed by atoms with E-state index >= 15 is 0 Å². The van der Waals surface area contributed by atoms with Crippen molar-refractivity contribution < 1.29 is 9.18 Å². The van der Waals surface area contributed by atoms with Gasteiger partial charge in [-0.3, -0.25) is 4.79 Å². The molecule has 1 aliphatic carbocycles. The number of rotatable bonds is 2. The van der Waals surface area contributed by atoms with Crippen LogP contribution in [-0.2, 0) is 4.79 Å². The first-order chi connectivity index (χ1) is 5.72. The molecule has 12 heavy (non-hydrogen) atoms. The van der Waals surface area contributed by atoms with Gasteiger partial charge in [0.1, 0.15) is 12.2 Å². The van der Waals surface area contributed by atoms with E-state index < -0.39 is 12.0 Å². The molecule has 3 heteroatoms. The summed E-state index contributed by atoms with van der Waals surface area (Å²) < 4.78 is 12.8. The molecule has 1 fully saturated rings. The van der Waals surface area contributed by atoms with E-state index in [1.807, 2.05) is 0 Å². The second kappa shape index (κ2) is 4.20. The molecule has 0 N–H and O–H groups in total. The summed E-state index contributed by atoms with van der Waals surface area (Å²) in [7, 11) is 0. The molecule has 66 valence electrons. The van der Waals surface area contributed by atoms with Crippen molar-refractivity contribution in [3.05, 3.63) is 0 Å². The van der Waals surface area contributed by atoms with Gasteiger partial charge in [0, 0.05) is 6.42 Å². The van der Waals surface area contributed by atoms with Crippen molar-refractivity contribution >= 4 is 5.78 Å². The summed E-state index contributed by atoms with van der Waals surface area (Å²) in [6.07, 6.45) is 2.33. The van der Waals surface area contributed by atoms with Crippen molar-refractivity contribution in [2.24, 2.45) is 5.92 Å². The van der Waals surface area contributed by atoms with E-state index in [9.17, 15) is 9.18 Å². The van der Waals surface area contributed by atoms with E-state index in [1.54, 1.807) is 6.07 Å². The zero-order valence-electron chi connectivity index (χ0n) is 6.92. The molecule has 0 amide bonds. The SMILES string of the molecule is N#CC(=O)CC1CCCC(F)C1. The second-order valence-corrected chi connectivity index (χ2v) is 3.37. The molecule has 0 saturated heterocycles. The molecule has 1 saturated carbocycles. The molecule has 0 aromatic carbocycles. The van der Waals surface area contributed by atoms with Gasteiger partial charge in [0.15, 0.2) is 0 Å². The summed E-state index contributed by atoms with van der Waals surface area (Å²) >= 11 is 0. The Balaban J connectivity index is 2.33. The predicted octanol–water partition coefficient (Wildman–Crippen LogP) is 2.00. The average molecular weight is 169 g/mol. The molecule has 2 nitrogen and oxygen atoms in total. The summed E-state index contributed by atoms with van der Waals surface area (Å²) in [4.78, 5) is 10.7. The van der Waals surface area contributed by atoms with Crippen molar-refractivity contribution in [3.63, 3.8) is 0 Å². The molecule has 0 radical (unpaired) electrons. The third-order valence-corrected chi connectivity index (χ3v) is 2.32. The van der Waals surface area contributed by atoms with Gasteiger partial charge in [-0.25, -0.2) is 4.39 Å². The monoisotopic (exact) mass is 169 g/mol. The van der Waals surface area contributed by atoms with Gasteiger partial charge in [0.25, 0.3) is 0 Å². The Morgan fingerprint density at radius 1 is 1.58 bits per heavy atom. The summed E-state index contributed by atoms with van der Waals surface area (Å²) in [5.74, 6) is -0.296. The number of nitriles is 1. The van der Waals surface area contributed by atoms with Crippen molar-refractivity contribution in [2.75, 3.05) is 0 Å². The van der Waals surface area contributed by atoms with Crippen LogP contribution in [0.2, 0.25) is 0 Å². The largest absolute Gasteiger partial charge is 0.283 e. The molecular formula is C9H12FNO. The van der Waals surface area contributed by atoms with Crippen LogP contribution in [0.3, 0.4) is 0 Å². The molecule has 0 aromatic heterocycles. The second-order valence-electron chi connectivity index (χ2n) is 3.37. The zero-order chi connectivity index (χ0) is 8.97. The summed E-state index contributed by atoms with van der Waals surface area (Å²) in [6.45, 7) is 0. The Morgan fingerprint density at radius 2 is 2.33 bits per heavy atom. The highest BCUT2D eigenvalue weighted by Crippen LogP contribution is 2.28. The number of nitrogens with zero attached hydrogens (tertiary/aromatic N) is 1. The number of halogens is 1. The zero-order valence-corrected chi connectivity index (χ0v) is 6.92. The van der Waals surface area contributed by atoms with Crippen LogP contribution in [0, 0.1) is 17.2 Å². The van der Waals surface area contributed by atoms with Crippen molar-refractivity contribution in [1.29, 1.82) is 5.26 Å². The molecule has 0 spiro atoms. The van der Waals surface area contributed by atoms with Crippen LogP contribution < -0.4 is 0 Å². The smallest absolute Gasteiger partial charge is 0.232 e. The lowest BCUT2D eigenvalue weighted by molar-refractivity contribution is -0.115. The van der Waals surface area contributed by atoms with Crippen molar-refractivity contribution in [1.82, 2.24) is 0 Å². The first-order valence-corrected chi connectivity index (χ1v) is 4.29. The molecule has 0 bridgehead atoms. The van der Waals surface area contributed by atoms with Crippen molar-refractivity contribution in [2.45, 2.75) is 38.3 Å². The van der Waals surface area contributed by atoms with Gasteiger partial charge >= 0.3 is 0 Å². The molecule has 0 aliphatic heterocycles. The Bertz CT molecular complexity index is 209. The third kappa shape index (κ3) is 2.61. The number of Topliss-reactive ketones (excluding diaryl/α,β-unsaturated/α-hetero) is 1. The van der Waals surface area contributed by atoms with Gasteiger partial charge in [-0.1, -0.05) is 6.42 Å². The molecule has 2 unspecified atom stereocenters. The normalized spacial score (nSPS) is 29.3. The standard InChI is InChI=1S/C9H12FNO/c10-8-3-1-2-7(4-8)5-9(12)6-11/h7-8H,1-5H2. The lowest BCUT2D eigenvalue weighted by Gasteiger charge is -2.22. The fourth-order valence-electron chi connectivity index (χ4n) is 1.72. The average Bonchev–Trinajstić information content (AvgIpc) is 2.04. The minimum absolute atomic E-state index is 0.112. The minimum Gasteiger partial charge on any atom is -0.283 e. The minimum atomic E-state index is -0.754. The quantitative estimate of drug-likeness (QED) is 0.593. The van der Waals surface area contributed by atoms with E-state index in [2.05, 4.69) is 0 Å². The van der Waals surface area contributed by atoms with Gasteiger partial charge in [-0.2, -0.15) is 5.26 Å². The number of hydrogen-bond donors (Lipinski definition) is 0. The fourth-order valence-corrected chi connectivity index (χ4v) is 1.72. The van der Waals surface area contributed by atoms with Crippen LogP contribution in [0.1, 0.15) is 32.1 Å². The van der Waals surface area contributed by atoms with Crippen molar-refractivity contribution in [3.8, 4) is 6.07 Å². The molecule has 0 heterocycles. The predicted molar refractivity (Wildman–Crippen MR) is 42.1 cm³/mol. The van der Waals surface area contributed by atoms with Gasteiger partial charge in [-0.05, 0) is 25.2 Å². The first kappa shape index (κ1) is 9.18. The van der Waals surface area contributed by atoms with E-state index in [0.29, 0.717) is 12.8 Å². The fraction of sp³-hybridized carbons (Fsp3) is 0.778. The highest BCUT2D eigenvalue weighted by atomic mass is 19.1. The van der Waals surface area contributed by atoms with E-state index in [-0.39, 0.29) is 12.3 Å². The van der Waals surface area contributed by atoms with Crippen LogP contribution in [0.5, 0.6) is 0 Å². The summed E-state index contributed by atoms with van der Waals surface area (Å²) in [6, 6.07) is 1.57. The summed E-state index contributed by atoms with van der Waals surface area (Å²) in [5.41, 5.74) is 0. The Morgan fingerprint density at radius 3 is 2.92 bits per heavy atom. The molecule has 1 aliphatic rings. The van der Waals surface area contributed by atoms with Crippen LogP contribution in [0.4, 0.5) is 4.39 Å². The number of hydrogen-bond acceptors (Lipinski definition) is 2. The Labute approximate surface area is 71.4 Å². The number of alkyl halides is 1. The number of carbonyl (C=O) groups excluding carboxylic acids is 1. The number of carbonyl (C=O) groups is 1. The molecule has 0 aromatic rings. The lowest BCUT2D eigenvalue weighted by Crippen LogP contribution is -2.18. The van der Waals surface area contributed by atoms with Gasteiger partial charge in [0.05, 0.1) is 0 Å². The van der Waals surface area contributed by atoms with E-state index in [1.165, 1.54) is 0 Å². The maximum atomic E-state index is 12.8. The van der Waals surface area contributed by atoms with Gasteiger partial charge < -0.3 is 0 Å². The Hall–Kier alpha value is -0.910. The molecular weight excluding hydrogens is 157 g/mol. The Kier molecular flexibility index (Phi) is 3.21. The summed E-state index contributed by atoms with van der Waals surface area (Å²) in [5, 5.41) is 8.24. The van der Waals surface area contributed by atoms with Crippen LogP contribution in [-0.4, -0.2) is 12.0 Å². The van der Waals surface area contributed by atoms with Crippen LogP contribution >= 0.6 is 0 Å². The van der Waals surface area contributed by atoms with Crippen LogP contribution in [0.25, 0.3) is 0 Å². The molecule has 1 rings (SSSR count). The highest BCUT2D eigenvalue weighted by molar-refractivity contribution is 5.93. The maximum Gasteiger partial charge on any atom is 0.232 e. The topological polar surface area (TPSA) is 40.9 Å². The maximum absolute atomic E-state index is 12.8. The van der Waals surface area contributed by atoms with Gasteiger partial charge in [0.2, 0.25) is 5.78 Å². The third-order valence-electron chi connectivity index (χ3n) is 2.32. The highest BCUT2D eigenvalue weighted by Gasteiger charge is 2.23. The van der Waals surface area contributed by atoms with E-state index in [0.717, 1.165) is 12.8 Å². The van der Waals surface area contributed by atoms with E-state index in [4.69, 9.17) is 5.26 Å². The van der Waals surface area contributed by atoms with Crippen LogP contribution in [0.15, 0.2) is 0 Å². The number of ketones is 1. The molecule has 2 atom stereocenters.